The van der Waals surface area contributed by atoms with E-state index in [-0.39, 0.29) is 5.91 Å². The quantitative estimate of drug-likeness (QED) is 0.793. The summed E-state index contributed by atoms with van der Waals surface area (Å²) in [5.41, 5.74) is 7.02. The van der Waals surface area contributed by atoms with Crippen LogP contribution < -0.4 is 5.73 Å². The molecule has 1 amide bonds. The summed E-state index contributed by atoms with van der Waals surface area (Å²) >= 11 is 0. The Hall–Kier alpha value is -2.14. The monoisotopic (exact) mass is 286 g/mol. The van der Waals surface area contributed by atoms with E-state index in [1.54, 1.807) is 22.0 Å². The largest absolute Gasteiger partial charge is 0.342 e. The van der Waals surface area contributed by atoms with Crippen LogP contribution in [-0.4, -0.2) is 40.7 Å². The van der Waals surface area contributed by atoms with E-state index < -0.39 is 0 Å². The van der Waals surface area contributed by atoms with E-state index >= 15 is 0 Å². The van der Waals surface area contributed by atoms with E-state index in [1.165, 1.54) is 0 Å². The van der Waals surface area contributed by atoms with Crippen molar-refractivity contribution in [2.24, 2.45) is 5.73 Å². The SMILES string of the molecule is CN(CCCCCN)C(=O)c1cnn(-c2ccccc2)c1. The van der Waals surface area contributed by atoms with Crippen molar-refractivity contribution in [3.8, 4) is 5.69 Å². The topological polar surface area (TPSA) is 64.2 Å². The Morgan fingerprint density at radius 3 is 2.71 bits per heavy atom. The maximum Gasteiger partial charge on any atom is 0.256 e. The third-order valence-corrected chi connectivity index (χ3v) is 3.39. The molecule has 112 valence electrons. The number of hydrogen-bond donors (Lipinski definition) is 1. The molecule has 0 fully saturated rings. The van der Waals surface area contributed by atoms with Crippen LogP contribution in [0.4, 0.5) is 0 Å². The van der Waals surface area contributed by atoms with Gasteiger partial charge >= 0.3 is 0 Å². The van der Waals surface area contributed by atoms with Crippen LogP contribution in [-0.2, 0) is 0 Å². The highest BCUT2D eigenvalue weighted by Crippen LogP contribution is 2.09. The van der Waals surface area contributed by atoms with Gasteiger partial charge in [-0.15, -0.1) is 0 Å². The lowest BCUT2D eigenvalue weighted by Crippen LogP contribution is -2.27. The third-order valence-electron chi connectivity index (χ3n) is 3.39. The highest BCUT2D eigenvalue weighted by atomic mass is 16.2. The van der Waals surface area contributed by atoms with Crippen molar-refractivity contribution >= 4 is 5.91 Å². The van der Waals surface area contributed by atoms with Gasteiger partial charge in [-0.3, -0.25) is 4.79 Å². The number of hydrogen-bond acceptors (Lipinski definition) is 3. The number of unbranched alkanes of at least 4 members (excludes halogenated alkanes) is 2. The molecule has 0 aliphatic rings. The Labute approximate surface area is 125 Å². The second-order valence-electron chi connectivity index (χ2n) is 5.09. The Bertz CT molecular complexity index is 565. The van der Waals surface area contributed by atoms with Gasteiger partial charge in [0.25, 0.3) is 5.91 Å². The molecule has 1 aromatic carbocycles. The molecule has 0 saturated heterocycles. The standard InChI is InChI=1S/C16H22N4O/c1-19(11-7-3-6-10-17)16(21)14-12-18-20(13-14)15-8-4-2-5-9-15/h2,4-5,8-9,12-13H,3,6-7,10-11,17H2,1H3. The Balaban J connectivity index is 1.95. The first-order valence-electron chi connectivity index (χ1n) is 7.28. The van der Waals surface area contributed by atoms with Gasteiger partial charge in [-0.25, -0.2) is 4.68 Å². The maximum absolute atomic E-state index is 12.3. The maximum atomic E-state index is 12.3. The van der Waals surface area contributed by atoms with Crippen LogP contribution in [0.2, 0.25) is 0 Å². The van der Waals surface area contributed by atoms with Crippen molar-refractivity contribution in [3.63, 3.8) is 0 Å². The molecule has 0 aliphatic carbocycles. The second kappa shape index (κ2) is 7.59. The van der Waals surface area contributed by atoms with Crippen molar-refractivity contribution in [3.05, 3.63) is 48.3 Å². The Morgan fingerprint density at radius 2 is 2.00 bits per heavy atom. The zero-order valence-corrected chi connectivity index (χ0v) is 12.4. The van der Waals surface area contributed by atoms with Crippen LogP contribution in [0.15, 0.2) is 42.7 Å². The van der Waals surface area contributed by atoms with Crippen molar-refractivity contribution in [2.45, 2.75) is 19.3 Å². The first-order chi connectivity index (χ1) is 10.2. The van der Waals surface area contributed by atoms with Crippen LogP contribution in [0.1, 0.15) is 29.6 Å². The number of aromatic nitrogens is 2. The first-order valence-corrected chi connectivity index (χ1v) is 7.28. The van der Waals surface area contributed by atoms with Gasteiger partial charge < -0.3 is 10.6 Å². The van der Waals surface area contributed by atoms with Gasteiger partial charge in [0.05, 0.1) is 17.4 Å². The lowest BCUT2D eigenvalue weighted by molar-refractivity contribution is 0.0792. The van der Waals surface area contributed by atoms with Gasteiger partial charge in [0.1, 0.15) is 0 Å². The smallest absolute Gasteiger partial charge is 0.256 e. The van der Waals surface area contributed by atoms with Gasteiger partial charge in [0.15, 0.2) is 0 Å². The van der Waals surface area contributed by atoms with Crippen LogP contribution in [0, 0.1) is 0 Å². The van der Waals surface area contributed by atoms with E-state index in [9.17, 15) is 4.79 Å². The Morgan fingerprint density at radius 1 is 1.24 bits per heavy atom. The molecule has 1 aromatic heterocycles. The zero-order valence-electron chi connectivity index (χ0n) is 12.4. The number of rotatable bonds is 7. The molecule has 0 radical (unpaired) electrons. The average molecular weight is 286 g/mol. The van der Waals surface area contributed by atoms with E-state index in [0.29, 0.717) is 12.1 Å². The molecule has 0 bridgehead atoms. The summed E-state index contributed by atoms with van der Waals surface area (Å²) in [5, 5.41) is 4.25. The zero-order chi connectivity index (χ0) is 15.1. The summed E-state index contributed by atoms with van der Waals surface area (Å²) < 4.78 is 1.72. The van der Waals surface area contributed by atoms with Gasteiger partial charge in [0.2, 0.25) is 0 Å². The number of benzene rings is 1. The van der Waals surface area contributed by atoms with Crippen molar-refractivity contribution in [1.29, 1.82) is 0 Å². The number of nitrogens with zero attached hydrogens (tertiary/aromatic N) is 3. The van der Waals surface area contributed by atoms with E-state index in [4.69, 9.17) is 5.73 Å². The minimum atomic E-state index is 0.00456. The van der Waals surface area contributed by atoms with Crippen molar-refractivity contribution in [2.75, 3.05) is 20.1 Å². The van der Waals surface area contributed by atoms with Gasteiger partial charge in [-0.1, -0.05) is 24.6 Å². The summed E-state index contributed by atoms with van der Waals surface area (Å²) in [4.78, 5) is 14.0. The van der Waals surface area contributed by atoms with E-state index in [0.717, 1.165) is 31.5 Å². The summed E-state index contributed by atoms with van der Waals surface area (Å²) in [6, 6.07) is 9.76. The summed E-state index contributed by atoms with van der Waals surface area (Å²) in [5.74, 6) is 0.00456. The molecule has 0 saturated carbocycles. The van der Waals surface area contributed by atoms with Crippen molar-refractivity contribution < 1.29 is 4.79 Å². The molecule has 0 spiro atoms. The number of carbonyl (C=O) groups is 1. The molecule has 5 heteroatoms. The van der Waals surface area contributed by atoms with Crippen molar-refractivity contribution in [1.82, 2.24) is 14.7 Å². The molecule has 1 heterocycles. The van der Waals surface area contributed by atoms with Crippen LogP contribution in [0.3, 0.4) is 0 Å². The molecule has 21 heavy (non-hydrogen) atoms. The fourth-order valence-electron chi connectivity index (χ4n) is 2.15. The minimum Gasteiger partial charge on any atom is -0.342 e. The van der Waals surface area contributed by atoms with E-state index in [2.05, 4.69) is 5.10 Å². The molecule has 2 rings (SSSR count). The fraction of sp³-hybridized carbons (Fsp3) is 0.375. The molecule has 5 nitrogen and oxygen atoms in total. The molecule has 0 aliphatic heterocycles. The highest BCUT2D eigenvalue weighted by molar-refractivity contribution is 5.93. The number of nitrogens with two attached hydrogens (primary N) is 1. The predicted octanol–water partition coefficient (Wildman–Crippen LogP) is 2.07. The van der Waals surface area contributed by atoms with Crippen LogP contribution in [0.25, 0.3) is 5.69 Å². The fourth-order valence-corrected chi connectivity index (χ4v) is 2.15. The number of carbonyl (C=O) groups excluding carboxylic acids is 1. The predicted molar refractivity (Wildman–Crippen MR) is 83.4 cm³/mol. The molecule has 2 N–H and O–H groups in total. The minimum absolute atomic E-state index is 0.00456. The van der Waals surface area contributed by atoms with Gasteiger partial charge in [-0.05, 0) is 31.5 Å². The second-order valence-corrected chi connectivity index (χ2v) is 5.09. The first kappa shape index (κ1) is 15.3. The normalized spacial score (nSPS) is 10.6. The Kier molecular flexibility index (Phi) is 5.51. The van der Waals surface area contributed by atoms with E-state index in [1.807, 2.05) is 37.4 Å². The summed E-state index contributed by atoms with van der Waals surface area (Å²) in [6.45, 7) is 1.46. The average Bonchev–Trinajstić information content (AvgIpc) is 3.01. The summed E-state index contributed by atoms with van der Waals surface area (Å²) in [7, 11) is 1.82. The van der Waals surface area contributed by atoms with Gasteiger partial charge in [-0.2, -0.15) is 5.10 Å². The number of para-hydroxylation sites is 1. The lowest BCUT2D eigenvalue weighted by Gasteiger charge is -2.15. The lowest BCUT2D eigenvalue weighted by atomic mass is 10.2. The van der Waals surface area contributed by atoms with Crippen LogP contribution in [0.5, 0.6) is 0 Å². The van der Waals surface area contributed by atoms with Gasteiger partial charge in [0, 0.05) is 19.8 Å². The number of amides is 1. The molecular formula is C16H22N4O. The molecule has 0 unspecified atom stereocenters. The molecule has 0 atom stereocenters. The molecular weight excluding hydrogens is 264 g/mol. The molecule has 2 aromatic rings. The third kappa shape index (κ3) is 4.16. The summed E-state index contributed by atoms with van der Waals surface area (Å²) in [6.07, 6.45) is 6.43. The van der Waals surface area contributed by atoms with Crippen LogP contribution >= 0.6 is 0 Å². The highest BCUT2D eigenvalue weighted by Gasteiger charge is 2.13.